The molecule has 0 aliphatic carbocycles. The number of nitrogens with zero attached hydrogens (tertiary/aromatic N) is 3. The van der Waals surface area contributed by atoms with Crippen LogP contribution in [0, 0.1) is 0 Å². The highest BCUT2D eigenvalue weighted by Gasteiger charge is 2.09. The molecule has 0 aliphatic heterocycles. The first-order valence-electron chi connectivity index (χ1n) is 5.40. The smallest absolute Gasteiger partial charge is 0.325 e. The average Bonchev–Trinajstić information content (AvgIpc) is 2.76. The van der Waals surface area contributed by atoms with E-state index in [0.717, 1.165) is 17.7 Å². The number of carbonyl (C=O) groups is 1. The summed E-state index contributed by atoms with van der Waals surface area (Å²) in [5.74, 6) is -0.929. The number of hydrogen-bond acceptors (Lipinski definition) is 3. The third-order valence-corrected chi connectivity index (χ3v) is 2.56. The van der Waals surface area contributed by atoms with Crippen molar-refractivity contribution in [3.63, 3.8) is 0 Å². The van der Waals surface area contributed by atoms with Crippen LogP contribution in [0.5, 0.6) is 0 Å². The molecule has 0 radical (unpaired) electrons. The van der Waals surface area contributed by atoms with Gasteiger partial charge in [-0.15, -0.1) is 5.10 Å². The fourth-order valence-electron chi connectivity index (χ4n) is 1.64. The van der Waals surface area contributed by atoms with Gasteiger partial charge in [0, 0.05) is 5.56 Å². The molecule has 0 unspecified atom stereocenters. The third-order valence-electron chi connectivity index (χ3n) is 2.56. The summed E-state index contributed by atoms with van der Waals surface area (Å²) < 4.78 is 1.38. The zero-order valence-electron chi connectivity index (χ0n) is 9.50. The van der Waals surface area contributed by atoms with Crippen LogP contribution in [0.3, 0.4) is 0 Å². The van der Waals surface area contributed by atoms with Crippen LogP contribution < -0.4 is 0 Å². The molecule has 1 N–H and O–H groups in total. The molecule has 0 amide bonds. The Morgan fingerprint density at radius 1 is 1.35 bits per heavy atom. The van der Waals surface area contributed by atoms with E-state index >= 15 is 0 Å². The standard InChI is InChI=1S/C12H13N3O2/c1-2-9-3-5-10(6-4-9)11-7-13-14-15(11)8-12(16)17/h3-7H,2,8H2,1H3,(H,16,17). The van der Waals surface area contributed by atoms with Crippen molar-refractivity contribution in [2.45, 2.75) is 19.9 Å². The molecule has 0 atom stereocenters. The highest BCUT2D eigenvalue weighted by molar-refractivity contribution is 5.68. The Hall–Kier alpha value is -2.17. The van der Waals surface area contributed by atoms with Gasteiger partial charge in [0.1, 0.15) is 6.54 Å². The lowest BCUT2D eigenvalue weighted by molar-refractivity contribution is -0.137. The van der Waals surface area contributed by atoms with Crippen LogP contribution in [0.2, 0.25) is 0 Å². The Morgan fingerprint density at radius 3 is 2.65 bits per heavy atom. The minimum atomic E-state index is -0.929. The van der Waals surface area contributed by atoms with Gasteiger partial charge in [0.2, 0.25) is 0 Å². The molecule has 0 aliphatic rings. The average molecular weight is 231 g/mol. The molecular weight excluding hydrogens is 218 g/mol. The fraction of sp³-hybridized carbons (Fsp3) is 0.250. The number of rotatable bonds is 4. The number of carboxylic acid groups (broad SMARTS) is 1. The van der Waals surface area contributed by atoms with Gasteiger partial charge in [0.25, 0.3) is 0 Å². The highest BCUT2D eigenvalue weighted by atomic mass is 16.4. The molecule has 5 nitrogen and oxygen atoms in total. The van der Waals surface area contributed by atoms with Crippen LogP contribution in [-0.2, 0) is 17.8 Å². The number of benzene rings is 1. The van der Waals surface area contributed by atoms with Gasteiger partial charge in [-0.2, -0.15) is 0 Å². The second kappa shape index (κ2) is 4.78. The minimum absolute atomic E-state index is 0.176. The third kappa shape index (κ3) is 2.50. The van der Waals surface area contributed by atoms with Gasteiger partial charge in [-0.25, -0.2) is 4.68 Å². The molecule has 0 spiro atoms. The first-order chi connectivity index (χ1) is 8.20. The van der Waals surface area contributed by atoms with E-state index in [1.807, 2.05) is 24.3 Å². The molecule has 1 aromatic carbocycles. The second-order valence-electron chi connectivity index (χ2n) is 3.72. The molecule has 88 valence electrons. The van der Waals surface area contributed by atoms with Crippen molar-refractivity contribution in [3.05, 3.63) is 36.0 Å². The van der Waals surface area contributed by atoms with Crippen molar-refractivity contribution in [2.24, 2.45) is 0 Å². The molecule has 1 heterocycles. The van der Waals surface area contributed by atoms with Crippen LogP contribution in [0.1, 0.15) is 12.5 Å². The van der Waals surface area contributed by atoms with Gasteiger partial charge in [0.05, 0.1) is 11.9 Å². The first-order valence-corrected chi connectivity index (χ1v) is 5.40. The quantitative estimate of drug-likeness (QED) is 0.867. The van der Waals surface area contributed by atoms with Gasteiger partial charge in [-0.3, -0.25) is 4.79 Å². The van der Waals surface area contributed by atoms with Crippen LogP contribution in [-0.4, -0.2) is 26.1 Å². The zero-order chi connectivity index (χ0) is 12.3. The topological polar surface area (TPSA) is 68.0 Å². The maximum Gasteiger partial charge on any atom is 0.325 e. The SMILES string of the molecule is CCc1ccc(-c2cnnn2CC(=O)O)cc1. The number of carboxylic acids is 1. The lowest BCUT2D eigenvalue weighted by Gasteiger charge is -2.04. The van der Waals surface area contributed by atoms with E-state index in [1.54, 1.807) is 6.20 Å². The Morgan fingerprint density at radius 2 is 2.06 bits per heavy atom. The van der Waals surface area contributed by atoms with Crippen molar-refractivity contribution in [2.75, 3.05) is 0 Å². The normalized spacial score (nSPS) is 10.4. The molecule has 0 saturated heterocycles. The van der Waals surface area contributed by atoms with E-state index in [2.05, 4.69) is 17.2 Å². The van der Waals surface area contributed by atoms with E-state index in [1.165, 1.54) is 10.2 Å². The summed E-state index contributed by atoms with van der Waals surface area (Å²) in [6.45, 7) is 1.91. The van der Waals surface area contributed by atoms with E-state index in [-0.39, 0.29) is 6.54 Å². The van der Waals surface area contributed by atoms with Crippen molar-refractivity contribution in [1.29, 1.82) is 0 Å². The van der Waals surface area contributed by atoms with Crippen molar-refractivity contribution >= 4 is 5.97 Å². The maximum absolute atomic E-state index is 10.7. The van der Waals surface area contributed by atoms with Crippen LogP contribution in [0.25, 0.3) is 11.3 Å². The lowest BCUT2D eigenvalue weighted by atomic mass is 10.1. The lowest BCUT2D eigenvalue weighted by Crippen LogP contribution is -2.11. The molecule has 0 saturated carbocycles. The van der Waals surface area contributed by atoms with Gasteiger partial charge in [-0.05, 0) is 12.0 Å². The summed E-state index contributed by atoms with van der Waals surface area (Å²) in [5, 5.41) is 16.3. The number of aromatic nitrogens is 3. The molecule has 5 heteroatoms. The van der Waals surface area contributed by atoms with Crippen LogP contribution in [0.15, 0.2) is 30.5 Å². The van der Waals surface area contributed by atoms with E-state index < -0.39 is 5.97 Å². The van der Waals surface area contributed by atoms with Gasteiger partial charge >= 0.3 is 5.97 Å². The van der Waals surface area contributed by atoms with Crippen molar-refractivity contribution in [3.8, 4) is 11.3 Å². The largest absolute Gasteiger partial charge is 0.480 e. The predicted octanol–water partition coefficient (Wildman–Crippen LogP) is 1.59. The van der Waals surface area contributed by atoms with Gasteiger partial charge < -0.3 is 5.11 Å². The molecule has 0 fully saturated rings. The summed E-state index contributed by atoms with van der Waals surface area (Å²) in [5.41, 5.74) is 2.88. The Bertz CT molecular complexity index is 517. The fourth-order valence-corrected chi connectivity index (χ4v) is 1.64. The van der Waals surface area contributed by atoms with E-state index in [4.69, 9.17) is 5.11 Å². The molecule has 17 heavy (non-hydrogen) atoms. The van der Waals surface area contributed by atoms with Crippen LogP contribution in [0.4, 0.5) is 0 Å². The predicted molar refractivity (Wildman–Crippen MR) is 62.5 cm³/mol. The van der Waals surface area contributed by atoms with E-state index in [0.29, 0.717) is 0 Å². The summed E-state index contributed by atoms with van der Waals surface area (Å²) in [7, 11) is 0. The van der Waals surface area contributed by atoms with Gasteiger partial charge in [-0.1, -0.05) is 36.4 Å². The minimum Gasteiger partial charge on any atom is -0.480 e. The molecule has 2 aromatic rings. The van der Waals surface area contributed by atoms with Crippen LogP contribution >= 0.6 is 0 Å². The Kier molecular flexibility index (Phi) is 3.18. The zero-order valence-corrected chi connectivity index (χ0v) is 9.50. The molecule has 2 rings (SSSR count). The second-order valence-corrected chi connectivity index (χ2v) is 3.72. The monoisotopic (exact) mass is 231 g/mol. The van der Waals surface area contributed by atoms with E-state index in [9.17, 15) is 4.79 Å². The van der Waals surface area contributed by atoms with Crippen molar-refractivity contribution in [1.82, 2.24) is 15.0 Å². The van der Waals surface area contributed by atoms with Crippen molar-refractivity contribution < 1.29 is 9.90 Å². The number of aliphatic carboxylic acids is 1. The summed E-state index contributed by atoms with van der Waals surface area (Å²) >= 11 is 0. The molecular formula is C12H13N3O2. The summed E-state index contributed by atoms with van der Waals surface area (Å²) in [6, 6.07) is 7.95. The summed E-state index contributed by atoms with van der Waals surface area (Å²) in [4.78, 5) is 10.7. The summed E-state index contributed by atoms with van der Waals surface area (Å²) in [6.07, 6.45) is 2.55. The molecule has 1 aromatic heterocycles. The van der Waals surface area contributed by atoms with Gasteiger partial charge in [0.15, 0.2) is 0 Å². The Balaban J connectivity index is 2.32. The molecule has 0 bridgehead atoms. The maximum atomic E-state index is 10.7. The first kappa shape index (κ1) is 11.3. The number of hydrogen-bond donors (Lipinski definition) is 1. The Labute approximate surface area is 98.7 Å². The number of aryl methyl sites for hydroxylation is 1. The highest BCUT2D eigenvalue weighted by Crippen LogP contribution is 2.18.